The zero-order valence-corrected chi connectivity index (χ0v) is 14.6. The molecule has 2 heterocycles. The fraction of sp³-hybridized carbons (Fsp3) is 0.444. The highest BCUT2D eigenvalue weighted by Crippen LogP contribution is 2.31. The Bertz CT molecular complexity index is 728. The molecule has 1 aliphatic heterocycles. The summed E-state index contributed by atoms with van der Waals surface area (Å²) in [7, 11) is 3.24. The first-order valence-corrected chi connectivity index (χ1v) is 8.31. The van der Waals surface area contributed by atoms with Gasteiger partial charge in [0.05, 0.1) is 25.6 Å². The summed E-state index contributed by atoms with van der Waals surface area (Å²) >= 11 is 0. The molecule has 7 nitrogen and oxygen atoms in total. The van der Waals surface area contributed by atoms with Gasteiger partial charge in [0, 0.05) is 25.4 Å². The summed E-state index contributed by atoms with van der Waals surface area (Å²) in [5.41, 5.74) is 6.95. The van der Waals surface area contributed by atoms with Gasteiger partial charge in [-0.1, -0.05) is 0 Å². The summed E-state index contributed by atoms with van der Waals surface area (Å²) in [4.78, 5) is 14.2. The maximum absolute atomic E-state index is 12.1. The van der Waals surface area contributed by atoms with E-state index in [-0.39, 0.29) is 5.91 Å². The molecule has 7 heteroatoms. The maximum Gasteiger partial charge on any atom is 0.240 e. The van der Waals surface area contributed by atoms with Crippen molar-refractivity contribution in [2.45, 2.75) is 24.9 Å². The van der Waals surface area contributed by atoms with Gasteiger partial charge in [0.25, 0.3) is 0 Å². The fourth-order valence-electron chi connectivity index (χ4n) is 3.46. The lowest BCUT2D eigenvalue weighted by molar-refractivity contribution is -0.132. The highest BCUT2D eigenvalue weighted by atomic mass is 16.5. The molecule has 1 amide bonds. The van der Waals surface area contributed by atoms with Crippen LogP contribution in [0.25, 0.3) is 5.69 Å². The molecule has 1 aromatic heterocycles. The maximum atomic E-state index is 12.1. The Labute approximate surface area is 147 Å². The van der Waals surface area contributed by atoms with Crippen molar-refractivity contribution >= 4 is 5.91 Å². The van der Waals surface area contributed by atoms with E-state index in [4.69, 9.17) is 15.2 Å². The van der Waals surface area contributed by atoms with Crippen LogP contribution in [0, 0.1) is 0 Å². The van der Waals surface area contributed by atoms with E-state index in [1.165, 1.54) is 0 Å². The second kappa shape index (κ2) is 7.25. The number of hydrogen-bond donors (Lipinski definition) is 1. The van der Waals surface area contributed by atoms with Gasteiger partial charge in [-0.2, -0.15) is 5.10 Å². The number of ether oxygens (including phenoxy) is 2. The number of benzene rings is 1. The summed E-state index contributed by atoms with van der Waals surface area (Å²) in [6, 6.07) is 7.69. The predicted octanol–water partition coefficient (Wildman–Crippen LogP) is 1.35. The van der Waals surface area contributed by atoms with E-state index in [9.17, 15) is 4.79 Å². The van der Waals surface area contributed by atoms with Crippen LogP contribution in [0.15, 0.2) is 36.7 Å². The van der Waals surface area contributed by atoms with Crippen molar-refractivity contribution in [1.29, 1.82) is 0 Å². The standard InChI is InChI=1S/C18H24N4O3/c1-24-13-18(17(19)23)8-3-9-21(18)11-14-10-20-22(12-14)15-4-6-16(25-2)7-5-15/h4-7,10,12H,3,8-9,11,13H2,1-2H3,(H2,19,23). The zero-order valence-electron chi connectivity index (χ0n) is 14.6. The van der Waals surface area contributed by atoms with Crippen molar-refractivity contribution in [3.8, 4) is 11.4 Å². The molecule has 0 bridgehead atoms. The van der Waals surface area contributed by atoms with Crippen molar-refractivity contribution in [1.82, 2.24) is 14.7 Å². The summed E-state index contributed by atoms with van der Waals surface area (Å²) in [5.74, 6) is 0.480. The van der Waals surface area contributed by atoms with Gasteiger partial charge in [0.15, 0.2) is 0 Å². The molecule has 0 aliphatic carbocycles. The van der Waals surface area contributed by atoms with Crippen LogP contribution < -0.4 is 10.5 Å². The normalized spacial score (nSPS) is 20.7. The highest BCUT2D eigenvalue weighted by Gasteiger charge is 2.46. The lowest BCUT2D eigenvalue weighted by Crippen LogP contribution is -2.56. The largest absolute Gasteiger partial charge is 0.497 e. The number of aromatic nitrogens is 2. The van der Waals surface area contributed by atoms with Crippen molar-refractivity contribution in [3.63, 3.8) is 0 Å². The van der Waals surface area contributed by atoms with Gasteiger partial charge in [-0.25, -0.2) is 4.68 Å². The van der Waals surface area contributed by atoms with Gasteiger partial charge >= 0.3 is 0 Å². The van der Waals surface area contributed by atoms with Crippen LogP contribution >= 0.6 is 0 Å². The summed E-state index contributed by atoms with van der Waals surface area (Å²) in [5, 5.41) is 4.42. The molecule has 1 fully saturated rings. The fourth-order valence-corrected chi connectivity index (χ4v) is 3.46. The minimum Gasteiger partial charge on any atom is -0.497 e. The first-order valence-electron chi connectivity index (χ1n) is 8.31. The Morgan fingerprint density at radius 1 is 1.32 bits per heavy atom. The first kappa shape index (κ1) is 17.4. The molecular formula is C18H24N4O3. The average Bonchev–Trinajstić information content (AvgIpc) is 3.24. The topological polar surface area (TPSA) is 82.6 Å². The van der Waals surface area contributed by atoms with Gasteiger partial charge in [-0.15, -0.1) is 0 Å². The number of carbonyl (C=O) groups is 1. The van der Waals surface area contributed by atoms with E-state index in [0.717, 1.165) is 36.4 Å². The smallest absolute Gasteiger partial charge is 0.240 e. The summed E-state index contributed by atoms with van der Waals surface area (Å²) in [6.45, 7) is 1.75. The Hall–Kier alpha value is -2.38. The van der Waals surface area contributed by atoms with Crippen molar-refractivity contribution in [2.75, 3.05) is 27.4 Å². The SMILES string of the molecule is COCC1(C(N)=O)CCCN1Cc1cnn(-c2ccc(OC)cc2)c1. The number of methoxy groups -OCH3 is 2. The Morgan fingerprint density at radius 3 is 2.72 bits per heavy atom. The molecule has 0 radical (unpaired) electrons. The number of carbonyl (C=O) groups excluding carboxylic acids is 1. The lowest BCUT2D eigenvalue weighted by Gasteiger charge is -2.34. The van der Waals surface area contributed by atoms with E-state index in [0.29, 0.717) is 13.2 Å². The van der Waals surface area contributed by atoms with Crippen molar-refractivity contribution in [2.24, 2.45) is 5.73 Å². The molecule has 1 unspecified atom stereocenters. The molecule has 134 valence electrons. The zero-order chi connectivity index (χ0) is 17.9. The first-order chi connectivity index (χ1) is 12.1. The van der Waals surface area contributed by atoms with Crippen LogP contribution in [0.2, 0.25) is 0 Å². The summed E-state index contributed by atoms with van der Waals surface area (Å²) < 4.78 is 12.3. The van der Waals surface area contributed by atoms with E-state index in [1.54, 1.807) is 14.2 Å². The van der Waals surface area contributed by atoms with Gasteiger partial charge in [-0.05, 0) is 43.7 Å². The molecule has 1 aromatic carbocycles. The van der Waals surface area contributed by atoms with Crippen molar-refractivity contribution < 1.29 is 14.3 Å². The Kier molecular flexibility index (Phi) is 5.06. The molecular weight excluding hydrogens is 320 g/mol. The molecule has 2 N–H and O–H groups in total. The molecule has 25 heavy (non-hydrogen) atoms. The number of primary amides is 1. The number of rotatable bonds is 7. The Morgan fingerprint density at radius 2 is 2.08 bits per heavy atom. The second-order valence-corrected chi connectivity index (χ2v) is 6.35. The quantitative estimate of drug-likeness (QED) is 0.820. The van der Waals surface area contributed by atoms with Gasteiger partial charge in [0.1, 0.15) is 11.3 Å². The molecule has 0 saturated carbocycles. The van der Waals surface area contributed by atoms with Crippen molar-refractivity contribution in [3.05, 3.63) is 42.2 Å². The predicted molar refractivity (Wildman–Crippen MR) is 93.6 cm³/mol. The number of nitrogens with zero attached hydrogens (tertiary/aromatic N) is 3. The third-order valence-electron chi connectivity index (χ3n) is 4.81. The van der Waals surface area contributed by atoms with Gasteiger partial charge in [-0.3, -0.25) is 9.69 Å². The Balaban J connectivity index is 1.77. The van der Waals surface area contributed by atoms with Gasteiger partial charge < -0.3 is 15.2 Å². The van der Waals surface area contributed by atoms with Crippen LogP contribution in [0.4, 0.5) is 0 Å². The van der Waals surface area contributed by atoms with E-state index in [2.05, 4.69) is 10.00 Å². The van der Waals surface area contributed by atoms with Gasteiger partial charge in [0.2, 0.25) is 5.91 Å². The minimum absolute atomic E-state index is 0.314. The van der Waals surface area contributed by atoms with Crippen LogP contribution in [0.3, 0.4) is 0 Å². The van der Waals surface area contributed by atoms with E-state index >= 15 is 0 Å². The number of likely N-dealkylation sites (tertiary alicyclic amines) is 1. The second-order valence-electron chi connectivity index (χ2n) is 6.35. The van der Waals surface area contributed by atoms with E-state index < -0.39 is 5.54 Å². The molecule has 1 atom stereocenters. The summed E-state index contributed by atoms with van der Waals surface area (Å²) in [6.07, 6.45) is 5.45. The van der Waals surface area contributed by atoms with E-state index in [1.807, 2.05) is 41.3 Å². The van der Waals surface area contributed by atoms with Crippen LogP contribution in [-0.4, -0.2) is 53.5 Å². The third-order valence-corrected chi connectivity index (χ3v) is 4.81. The molecule has 1 saturated heterocycles. The molecule has 3 rings (SSSR count). The minimum atomic E-state index is -0.725. The third kappa shape index (κ3) is 3.38. The molecule has 1 aliphatic rings. The molecule has 2 aromatic rings. The van der Waals surface area contributed by atoms with Crippen LogP contribution in [0.5, 0.6) is 5.75 Å². The number of hydrogen-bond acceptors (Lipinski definition) is 5. The number of amides is 1. The monoisotopic (exact) mass is 344 g/mol. The lowest BCUT2D eigenvalue weighted by atomic mass is 9.96. The van der Waals surface area contributed by atoms with Crippen LogP contribution in [-0.2, 0) is 16.1 Å². The number of nitrogens with two attached hydrogens (primary N) is 1. The highest BCUT2D eigenvalue weighted by molar-refractivity contribution is 5.85. The molecule has 0 spiro atoms. The van der Waals surface area contributed by atoms with Crippen LogP contribution in [0.1, 0.15) is 18.4 Å². The average molecular weight is 344 g/mol.